The van der Waals surface area contributed by atoms with Crippen LogP contribution in [0, 0.1) is 0 Å². The maximum atomic E-state index is 13.7. The lowest BCUT2D eigenvalue weighted by atomic mass is 9.97. The Morgan fingerprint density at radius 1 is 1.43 bits per heavy atom. The first-order valence-corrected chi connectivity index (χ1v) is 5.36. The molecule has 0 heterocycles. The van der Waals surface area contributed by atoms with Gasteiger partial charge in [0.25, 0.3) is 0 Å². The van der Waals surface area contributed by atoms with Crippen molar-refractivity contribution in [2.24, 2.45) is 5.73 Å². The maximum absolute atomic E-state index is 13.7. The topological polar surface area (TPSA) is 26.0 Å². The van der Waals surface area contributed by atoms with Gasteiger partial charge in [-0.25, -0.2) is 4.39 Å². The van der Waals surface area contributed by atoms with E-state index in [1.54, 1.807) is 19.9 Å². The van der Waals surface area contributed by atoms with Gasteiger partial charge in [-0.2, -0.15) is 0 Å². The lowest BCUT2D eigenvalue weighted by Crippen LogP contribution is -2.11. The van der Waals surface area contributed by atoms with Crippen molar-refractivity contribution in [1.82, 2.24) is 0 Å². The molecule has 0 spiro atoms. The molecule has 2 N–H and O–H groups in total. The fourth-order valence-corrected chi connectivity index (χ4v) is 2.16. The van der Waals surface area contributed by atoms with Crippen LogP contribution >= 0.6 is 15.9 Å². The van der Waals surface area contributed by atoms with Gasteiger partial charge in [0.1, 0.15) is 5.67 Å². The van der Waals surface area contributed by atoms with E-state index < -0.39 is 5.67 Å². The van der Waals surface area contributed by atoms with E-state index in [2.05, 4.69) is 15.9 Å². The molecule has 0 amide bonds. The number of hydrogen-bond donors (Lipinski definition) is 1. The smallest absolute Gasteiger partial charge is 0.131 e. The van der Waals surface area contributed by atoms with E-state index in [0.717, 1.165) is 10.0 Å². The zero-order valence-electron chi connectivity index (χ0n) is 8.64. The van der Waals surface area contributed by atoms with E-state index in [0.29, 0.717) is 5.56 Å². The first kappa shape index (κ1) is 11.7. The summed E-state index contributed by atoms with van der Waals surface area (Å²) >= 11 is 3.36. The van der Waals surface area contributed by atoms with Gasteiger partial charge in [-0.1, -0.05) is 28.1 Å². The van der Waals surface area contributed by atoms with E-state index in [9.17, 15) is 4.39 Å². The molecule has 1 aromatic rings. The molecule has 78 valence electrons. The van der Waals surface area contributed by atoms with Crippen LogP contribution in [0.5, 0.6) is 0 Å². The molecule has 0 aliphatic carbocycles. The average molecular weight is 260 g/mol. The summed E-state index contributed by atoms with van der Waals surface area (Å²) < 4.78 is 14.4. The van der Waals surface area contributed by atoms with Crippen molar-refractivity contribution in [2.75, 3.05) is 0 Å². The number of alkyl halides is 1. The Labute approximate surface area is 92.6 Å². The first-order chi connectivity index (χ1) is 6.32. The Kier molecular flexibility index (Phi) is 3.32. The van der Waals surface area contributed by atoms with Crippen LogP contribution in [0.3, 0.4) is 0 Å². The van der Waals surface area contributed by atoms with Crippen LogP contribution in [-0.4, -0.2) is 0 Å². The quantitative estimate of drug-likeness (QED) is 0.862. The second kappa shape index (κ2) is 3.99. The summed E-state index contributed by atoms with van der Waals surface area (Å²) in [6, 6.07) is 5.50. The van der Waals surface area contributed by atoms with Crippen LogP contribution in [-0.2, 0) is 5.67 Å². The molecular weight excluding hydrogens is 245 g/mol. The monoisotopic (exact) mass is 259 g/mol. The molecule has 0 aromatic heterocycles. The zero-order valence-corrected chi connectivity index (χ0v) is 10.2. The predicted molar refractivity (Wildman–Crippen MR) is 60.9 cm³/mol. The Hall–Kier alpha value is -0.410. The van der Waals surface area contributed by atoms with Gasteiger partial charge in [-0.15, -0.1) is 0 Å². The van der Waals surface area contributed by atoms with Crippen LogP contribution in [0.25, 0.3) is 0 Å². The third-order valence-corrected chi connectivity index (χ3v) is 2.82. The number of rotatable bonds is 2. The highest BCUT2D eigenvalue weighted by molar-refractivity contribution is 9.10. The zero-order chi connectivity index (χ0) is 10.9. The highest BCUT2D eigenvalue weighted by atomic mass is 79.9. The van der Waals surface area contributed by atoms with Crippen LogP contribution in [0.2, 0.25) is 0 Å². The molecule has 1 nitrogen and oxygen atoms in total. The summed E-state index contributed by atoms with van der Waals surface area (Å²) in [7, 11) is 0. The molecule has 0 bridgehead atoms. The standard InChI is InChI=1S/C11H15BrFN/c1-7(14)8-4-5-9(10(12)6-8)11(2,3)13/h4-7H,14H2,1-3H3. The van der Waals surface area contributed by atoms with E-state index in [4.69, 9.17) is 5.73 Å². The van der Waals surface area contributed by atoms with E-state index in [1.165, 1.54) is 0 Å². The van der Waals surface area contributed by atoms with Crippen molar-refractivity contribution in [1.29, 1.82) is 0 Å². The fraction of sp³-hybridized carbons (Fsp3) is 0.455. The number of benzene rings is 1. The highest BCUT2D eigenvalue weighted by Gasteiger charge is 2.21. The summed E-state index contributed by atoms with van der Waals surface area (Å²) in [4.78, 5) is 0. The summed E-state index contributed by atoms with van der Waals surface area (Å²) in [5, 5.41) is 0. The number of nitrogens with two attached hydrogens (primary N) is 1. The maximum Gasteiger partial charge on any atom is 0.131 e. The second-order valence-corrected chi connectivity index (χ2v) is 4.85. The van der Waals surface area contributed by atoms with Crippen LogP contribution < -0.4 is 5.73 Å². The second-order valence-electron chi connectivity index (χ2n) is 4.00. The summed E-state index contributed by atoms with van der Waals surface area (Å²) in [6.07, 6.45) is 0. The SMILES string of the molecule is CC(N)c1ccc(C(C)(C)F)c(Br)c1. The van der Waals surface area contributed by atoms with Crippen LogP contribution in [0.1, 0.15) is 37.9 Å². The van der Waals surface area contributed by atoms with Crippen molar-refractivity contribution < 1.29 is 4.39 Å². The normalized spacial score (nSPS) is 14.1. The molecule has 0 aliphatic heterocycles. The van der Waals surface area contributed by atoms with Crippen molar-refractivity contribution >= 4 is 15.9 Å². The van der Waals surface area contributed by atoms with Gasteiger partial charge in [-0.3, -0.25) is 0 Å². The largest absolute Gasteiger partial charge is 0.324 e. The molecule has 0 saturated heterocycles. The third kappa shape index (κ3) is 2.55. The van der Waals surface area contributed by atoms with Gasteiger partial charge < -0.3 is 5.73 Å². The fourth-order valence-electron chi connectivity index (χ4n) is 1.30. The minimum absolute atomic E-state index is 0.0249. The van der Waals surface area contributed by atoms with E-state index in [-0.39, 0.29) is 6.04 Å². The first-order valence-electron chi connectivity index (χ1n) is 4.57. The lowest BCUT2D eigenvalue weighted by Gasteiger charge is -2.18. The van der Waals surface area contributed by atoms with Crippen LogP contribution in [0.4, 0.5) is 4.39 Å². The van der Waals surface area contributed by atoms with Gasteiger partial charge >= 0.3 is 0 Å². The Morgan fingerprint density at radius 2 is 2.00 bits per heavy atom. The van der Waals surface area contributed by atoms with E-state index in [1.807, 2.05) is 19.1 Å². The Bertz CT molecular complexity index is 329. The lowest BCUT2D eigenvalue weighted by molar-refractivity contribution is 0.220. The van der Waals surface area contributed by atoms with Gasteiger partial charge in [0.15, 0.2) is 0 Å². The Balaban J connectivity index is 3.15. The molecule has 1 unspecified atom stereocenters. The van der Waals surface area contributed by atoms with Crippen molar-refractivity contribution in [3.63, 3.8) is 0 Å². The molecule has 0 aliphatic rings. The molecule has 14 heavy (non-hydrogen) atoms. The minimum Gasteiger partial charge on any atom is -0.324 e. The average Bonchev–Trinajstić information content (AvgIpc) is 2.01. The van der Waals surface area contributed by atoms with Crippen molar-refractivity contribution in [3.05, 3.63) is 33.8 Å². The summed E-state index contributed by atoms with van der Waals surface area (Å²) in [6.45, 7) is 4.99. The van der Waals surface area contributed by atoms with E-state index >= 15 is 0 Å². The molecule has 3 heteroatoms. The highest BCUT2D eigenvalue weighted by Crippen LogP contribution is 2.32. The third-order valence-electron chi connectivity index (χ3n) is 2.16. The number of halogens is 2. The molecule has 0 radical (unpaired) electrons. The molecule has 0 saturated carbocycles. The van der Waals surface area contributed by atoms with Gasteiger partial charge in [0, 0.05) is 16.1 Å². The molecule has 1 rings (SSSR count). The molecule has 1 aromatic carbocycles. The van der Waals surface area contributed by atoms with Gasteiger partial charge in [0.05, 0.1) is 0 Å². The molecule has 1 atom stereocenters. The molecular formula is C11H15BrFN. The summed E-state index contributed by atoms with van der Waals surface area (Å²) in [5.74, 6) is 0. The van der Waals surface area contributed by atoms with Gasteiger partial charge in [0.2, 0.25) is 0 Å². The van der Waals surface area contributed by atoms with Crippen molar-refractivity contribution in [3.8, 4) is 0 Å². The van der Waals surface area contributed by atoms with Crippen LogP contribution in [0.15, 0.2) is 22.7 Å². The summed E-state index contributed by atoms with van der Waals surface area (Å²) in [5.41, 5.74) is 6.06. The number of hydrogen-bond acceptors (Lipinski definition) is 1. The Morgan fingerprint density at radius 3 is 2.36 bits per heavy atom. The predicted octanol–water partition coefficient (Wildman–Crippen LogP) is 3.67. The minimum atomic E-state index is -1.32. The molecule has 0 fully saturated rings. The van der Waals surface area contributed by atoms with Crippen molar-refractivity contribution in [2.45, 2.75) is 32.5 Å². The van der Waals surface area contributed by atoms with Gasteiger partial charge in [-0.05, 0) is 32.4 Å².